The Morgan fingerprint density at radius 1 is 1.26 bits per heavy atom. The number of fused-ring (bicyclic) bond motifs is 1. The molecule has 2 atom stereocenters. The number of nitrogens with zero attached hydrogens (tertiary/aromatic N) is 4. The van der Waals surface area contributed by atoms with E-state index in [9.17, 15) is 4.79 Å². The van der Waals surface area contributed by atoms with Crippen molar-refractivity contribution in [3.05, 3.63) is 42.1 Å². The number of thioether (sulfide) groups is 1. The average molecular weight is 386 g/mol. The highest BCUT2D eigenvalue weighted by molar-refractivity contribution is 7.98. The quantitative estimate of drug-likeness (QED) is 0.558. The Morgan fingerprint density at radius 2 is 2.07 bits per heavy atom. The molecule has 2 fully saturated rings. The third-order valence-electron chi connectivity index (χ3n) is 5.05. The van der Waals surface area contributed by atoms with Crippen LogP contribution in [0.4, 0.5) is 10.6 Å². The molecule has 3 heterocycles. The zero-order chi connectivity index (χ0) is 18.8. The monoisotopic (exact) mass is 386 g/mol. The molecule has 0 saturated carbocycles. The van der Waals surface area contributed by atoms with Gasteiger partial charge in [0, 0.05) is 19.3 Å². The van der Waals surface area contributed by atoms with Crippen molar-refractivity contribution in [3.63, 3.8) is 0 Å². The molecule has 142 valence electrons. The minimum Gasteiger partial charge on any atom is -0.497 e. The minimum atomic E-state index is -0.217. The van der Waals surface area contributed by atoms with E-state index in [4.69, 9.17) is 9.47 Å². The molecule has 8 heteroatoms. The van der Waals surface area contributed by atoms with Gasteiger partial charge in [-0.2, -0.15) is 0 Å². The Balaban J connectivity index is 1.41. The van der Waals surface area contributed by atoms with Crippen molar-refractivity contribution in [2.45, 2.75) is 23.7 Å². The van der Waals surface area contributed by atoms with Crippen molar-refractivity contribution in [3.8, 4) is 5.75 Å². The molecular weight excluding hydrogens is 364 g/mol. The van der Waals surface area contributed by atoms with Crippen LogP contribution in [0.15, 0.2) is 41.7 Å². The highest BCUT2D eigenvalue weighted by Crippen LogP contribution is 2.30. The molecule has 7 nitrogen and oxygen atoms in total. The van der Waals surface area contributed by atoms with E-state index in [0.717, 1.165) is 29.7 Å². The van der Waals surface area contributed by atoms with E-state index in [1.165, 1.54) is 17.3 Å². The molecule has 2 saturated heterocycles. The summed E-state index contributed by atoms with van der Waals surface area (Å²) in [6.45, 7) is 2.03. The van der Waals surface area contributed by atoms with E-state index < -0.39 is 0 Å². The second-order valence-corrected chi connectivity index (χ2v) is 7.36. The van der Waals surface area contributed by atoms with E-state index in [-0.39, 0.29) is 18.2 Å². The smallest absolute Gasteiger partial charge is 0.410 e. The van der Waals surface area contributed by atoms with E-state index in [0.29, 0.717) is 13.1 Å². The van der Waals surface area contributed by atoms with Crippen LogP contribution in [0.5, 0.6) is 5.75 Å². The van der Waals surface area contributed by atoms with Gasteiger partial charge in [-0.05, 0) is 36.4 Å². The van der Waals surface area contributed by atoms with E-state index >= 15 is 0 Å². The zero-order valence-corrected chi connectivity index (χ0v) is 16.2. The van der Waals surface area contributed by atoms with Crippen LogP contribution in [-0.2, 0) is 11.2 Å². The van der Waals surface area contributed by atoms with Crippen molar-refractivity contribution in [1.82, 2.24) is 14.9 Å². The summed E-state index contributed by atoms with van der Waals surface area (Å²) in [4.78, 5) is 25.1. The molecule has 0 N–H and O–H groups in total. The first-order valence-electron chi connectivity index (χ1n) is 8.90. The molecule has 0 radical (unpaired) electrons. The Bertz CT molecular complexity index is 817. The number of anilines is 1. The lowest BCUT2D eigenvalue weighted by atomic mass is 10.1. The minimum absolute atomic E-state index is 0.0587. The fraction of sp³-hybridized carbons (Fsp3) is 0.421. The number of carbonyl (C=O) groups excluding carboxylic acids is 1. The number of carbonyl (C=O) groups is 1. The number of ether oxygens (including phenoxy) is 2. The Morgan fingerprint density at radius 3 is 2.81 bits per heavy atom. The normalized spacial score (nSPS) is 21.3. The summed E-state index contributed by atoms with van der Waals surface area (Å²) < 4.78 is 10.8. The largest absolute Gasteiger partial charge is 0.497 e. The highest BCUT2D eigenvalue weighted by Gasteiger charge is 2.47. The number of aromatic nitrogens is 2. The predicted octanol–water partition coefficient (Wildman–Crippen LogP) is 2.46. The van der Waals surface area contributed by atoms with Gasteiger partial charge in [-0.3, -0.25) is 4.90 Å². The maximum absolute atomic E-state index is 12.3. The molecule has 1 aromatic carbocycles. The summed E-state index contributed by atoms with van der Waals surface area (Å²) in [7, 11) is 1.65. The summed E-state index contributed by atoms with van der Waals surface area (Å²) in [5.74, 6) is 1.72. The average Bonchev–Trinajstić information content (AvgIpc) is 3.24. The van der Waals surface area contributed by atoms with Gasteiger partial charge in [0.25, 0.3) is 0 Å². The predicted molar refractivity (Wildman–Crippen MR) is 103 cm³/mol. The van der Waals surface area contributed by atoms with Crippen LogP contribution >= 0.6 is 11.8 Å². The van der Waals surface area contributed by atoms with Crippen LogP contribution in [0.25, 0.3) is 0 Å². The number of methoxy groups -OCH3 is 1. The summed E-state index contributed by atoms with van der Waals surface area (Å²) in [6.07, 6.45) is 4.19. The van der Waals surface area contributed by atoms with Crippen molar-refractivity contribution < 1.29 is 14.3 Å². The molecule has 0 bridgehead atoms. The van der Waals surface area contributed by atoms with Crippen molar-refractivity contribution in [2.24, 2.45) is 0 Å². The number of hydrogen-bond acceptors (Lipinski definition) is 7. The molecule has 2 aromatic rings. The third kappa shape index (κ3) is 3.66. The zero-order valence-electron chi connectivity index (χ0n) is 15.4. The van der Waals surface area contributed by atoms with Gasteiger partial charge in [-0.1, -0.05) is 23.9 Å². The van der Waals surface area contributed by atoms with Gasteiger partial charge in [0.05, 0.1) is 19.7 Å². The van der Waals surface area contributed by atoms with Crippen molar-refractivity contribution >= 4 is 23.7 Å². The molecule has 0 unspecified atom stereocenters. The fourth-order valence-electron chi connectivity index (χ4n) is 3.60. The first-order chi connectivity index (χ1) is 13.2. The van der Waals surface area contributed by atoms with Gasteiger partial charge in [-0.25, -0.2) is 14.8 Å². The SMILES string of the molecule is COc1ccc(CCN2C(=O)O[C@@H]3CN(c4ccnc(SC)n4)C[C@@H]32)cc1. The summed E-state index contributed by atoms with van der Waals surface area (Å²) in [6, 6.07) is 9.91. The van der Waals surface area contributed by atoms with E-state index in [2.05, 4.69) is 14.9 Å². The van der Waals surface area contributed by atoms with Crippen molar-refractivity contribution in [1.29, 1.82) is 0 Å². The fourth-order valence-corrected chi connectivity index (χ4v) is 3.95. The number of rotatable bonds is 6. The van der Waals surface area contributed by atoms with Crippen LogP contribution < -0.4 is 9.64 Å². The lowest BCUT2D eigenvalue weighted by Crippen LogP contribution is -2.39. The number of amides is 1. The van der Waals surface area contributed by atoms with Crippen molar-refractivity contribution in [2.75, 3.05) is 37.9 Å². The molecule has 0 spiro atoms. The van der Waals surface area contributed by atoms with E-state index in [1.54, 1.807) is 13.3 Å². The van der Waals surface area contributed by atoms with Gasteiger partial charge in [-0.15, -0.1) is 0 Å². The van der Waals surface area contributed by atoms with Gasteiger partial charge < -0.3 is 14.4 Å². The third-order valence-corrected chi connectivity index (χ3v) is 5.61. The first kappa shape index (κ1) is 17.9. The molecule has 1 aromatic heterocycles. The molecular formula is C19H22N4O3S. The van der Waals surface area contributed by atoms with Gasteiger partial charge in [0.15, 0.2) is 5.16 Å². The topological polar surface area (TPSA) is 67.8 Å². The molecule has 1 amide bonds. The summed E-state index contributed by atoms with van der Waals surface area (Å²) in [5.41, 5.74) is 1.17. The van der Waals surface area contributed by atoms with E-state index in [1.807, 2.05) is 41.5 Å². The van der Waals surface area contributed by atoms with Gasteiger partial charge >= 0.3 is 6.09 Å². The number of benzene rings is 1. The Labute approximate surface area is 162 Å². The first-order valence-corrected chi connectivity index (χ1v) is 10.1. The maximum atomic E-state index is 12.3. The lowest BCUT2D eigenvalue weighted by Gasteiger charge is -2.23. The van der Waals surface area contributed by atoms with Gasteiger partial charge in [0.1, 0.15) is 17.7 Å². The van der Waals surface area contributed by atoms with Crippen LogP contribution in [-0.4, -0.2) is 66.1 Å². The Hall–Kier alpha value is -2.48. The maximum Gasteiger partial charge on any atom is 0.410 e. The molecule has 2 aliphatic heterocycles. The summed E-state index contributed by atoms with van der Waals surface area (Å²) >= 11 is 1.52. The van der Waals surface area contributed by atoms with Crippen LogP contribution in [0.2, 0.25) is 0 Å². The Kier molecular flexibility index (Phi) is 5.07. The van der Waals surface area contributed by atoms with Crippen LogP contribution in [0.1, 0.15) is 5.56 Å². The van der Waals surface area contributed by atoms with Crippen LogP contribution in [0, 0.1) is 0 Å². The lowest BCUT2D eigenvalue weighted by molar-refractivity contribution is 0.136. The van der Waals surface area contributed by atoms with Gasteiger partial charge in [0.2, 0.25) is 0 Å². The molecule has 2 aliphatic rings. The highest BCUT2D eigenvalue weighted by atomic mass is 32.2. The molecule has 4 rings (SSSR count). The van der Waals surface area contributed by atoms with Crippen LogP contribution in [0.3, 0.4) is 0 Å². The number of hydrogen-bond donors (Lipinski definition) is 0. The standard InChI is InChI=1S/C19H22N4O3S/c1-25-14-5-3-13(4-6-14)8-10-23-15-11-22(12-16(15)26-19(23)24)17-7-9-20-18(21-17)27-2/h3-7,9,15-16H,8,10-12H2,1-2H3/t15-,16+/m0/s1. The molecule has 27 heavy (non-hydrogen) atoms. The molecule has 0 aliphatic carbocycles. The summed E-state index contributed by atoms with van der Waals surface area (Å²) in [5, 5.41) is 0.748. The second-order valence-electron chi connectivity index (χ2n) is 6.59. The second kappa shape index (κ2) is 7.64.